The molecule has 5 nitrogen and oxygen atoms in total. The number of anilines is 2. The molecule has 2 aromatic rings. The highest BCUT2D eigenvalue weighted by atomic mass is 32.1. The summed E-state index contributed by atoms with van der Waals surface area (Å²) in [5, 5.41) is 2.75. The van der Waals surface area contributed by atoms with Crippen LogP contribution in [0.1, 0.15) is 44.4 Å². The quantitative estimate of drug-likeness (QED) is 0.422. The lowest BCUT2D eigenvalue weighted by Gasteiger charge is -2.40. The fourth-order valence-electron chi connectivity index (χ4n) is 4.21. The Kier molecular flexibility index (Phi) is 5.51. The molecule has 2 aliphatic rings. The van der Waals surface area contributed by atoms with E-state index in [1.54, 1.807) is 6.08 Å². The number of rotatable bonds is 3. The number of carbonyl (C=O) groups excluding carboxylic acids is 2. The van der Waals surface area contributed by atoms with E-state index in [2.05, 4.69) is 51.0 Å². The second-order valence-electron chi connectivity index (χ2n) is 8.79. The van der Waals surface area contributed by atoms with Gasteiger partial charge in [0.15, 0.2) is 5.11 Å². The molecule has 0 radical (unpaired) electrons. The number of fused-ring (bicyclic) bond motifs is 1. The van der Waals surface area contributed by atoms with Crippen LogP contribution in [-0.2, 0) is 16.0 Å². The Labute approximate surface area is 194 Å². The fraction of sp³-hybridized carbons (Fsp3) is 0.269. The summed E-state index contributed by atoms with van der Waals surface area (Å²) in [6, 6.07) is 13.6. The average Bonchev–Trinajstić information content (AvgIpc) is 2.75. The van der Waals surface area contributed by atoms with Crippen molar-refractivity contribution in [3.63, 3.8) is 0 Å². The molecule has 0 spiro atoms. The van der Waals surface area contributed by atoms with Crippen LogP contribution in [0.2, 0.25) is 0 Å². The Bertz CT molecular complexity index is 1190. The van der Waals surface area contributed by atoms with E-state index < -0.39 is 11.8 Å². The van der Waals surface area contributed by atoms with Crippen LogP contribution >= 0.6 is 12.2 Å². The normalized spacial score (nSPS) is 19.1. The van der Waals surface area contributed by atoms with Gasteiger partial charge in [-0.05, 0) is 86.5 Å². The molecule has 2 heterocycles. The standard InChI is InChI=1S/C26H27N3O2S/c1-6-17-7-10-19(11-8-17)29-24(31)21(23(30)27-25(29)32)14-18-9-12-22-20(13-18)16(2)15-26(3,4)28(22)5/h7-15H,6H2,1-5H3,(H,27,30,32)/b21-14-. The predicted octanol–water partition coefficient (Wildman–Crippen LogP) is 4.71. The highest BCUT2D eigenvalue weighted by Gasteiger charge is 2.35. The molecule has 4 rings (SSSR count). The van der Waals surface area contributed by atoms with Crippen LogP contribution in [0.5, 0.6) is 0 Å². The van der Waals surface area contributed by atoms with E-state index in [1.807, 2.05) is 42.5 Å². The van der Waals surface area contributed by atoms with Crippen molar-refractivity contribution in [2.75, 3.05) is 16.8 Å². The van der Waals surface area contributed by atoms with E-state index >= 15 is 0 Å². The number of amides is 2. The number of carbonyl (C=O) groups is 2. The third-order valence-electron chi connectivity index (χ3n) is 6.26. The van der Waals surface area contributed by atoms with Gasteiger partial charge in [-0.25, -0.2) is 0 Å². The number of benzene rings is 2. The number of thiocarbonyl (C=S) groups is 1. The molecule has 0 aliphatic carbocycles. The molecule has 0 aromatic heterocycles. The van der Waals surface area contributed by atoms with Crippen LogP contribution < -0.4 is 15.1 Å². The van der Waals surface area contributed by atoms with Crippen LogP contribution in [0.25, 0.3) is 11.6 Å². The summed E-state index contributed by atoms with van der Waals surface area (Å²) in [4.78, 5) is 29.5. The average molecular weight is 446 g/mol. The molecular weight excluding hydrogens is 418 g/mol. The summed E-state index contributed by atoms with van der Waals surface area (Å²) in [6.45, 7) is 8.50. The third-order valence-corrected chi connectivity index (χ3v) is 6.54. The number of allylic oxidation sites excluding steroid dienone is 1. The van der Waals surface area contributed by atoms with Crippen LogP contribution in [0.4, 0.5) is 11.4 Å². The smallest absolute Gasteiger partial charge is 0.270 e. The maximum Gasteiger partial charge on any atom is 0.270 e. The van der Waals surface area contributed by atoms with Crippen molar-refractivity contribution in [3.8, 4) is 0 Å². The molecule has 6 heteroatoms. The van der Waals surface area contributed by atoms with Crippen molar-refractivity contribution in [2.24, 2.45) is 0 Å². The highest BCUT2D eigenvalue weighted by molar-refractivity contribution is 7.80. The van der Waals surface area contributed by atoms with E-state index in [0.29, 0.717) is 5.69 Å². The van der Waals surface area contributed by atoms with Gasteiger partial charge in [0, 0.05) is 18.3 Å². The molecule has 2 aliphatic heterocycles. The molecule has 2 amide bonds. The molecule has 1 fully saturated rings. The summed E-state index contributed by atoms with van der Waals surface area (Å²) >= 11 is 5.30. The summed E-state index contributed by atoms with van der Waals surface area (Å²) in [5.74, 6) is -0.907. The first-order valence-corrected chi connectivity index (χ1v) is 11.1. The van der Waals surface area contributed by atoms with Gasteiger partial charge in [0.1, 0.15) is 5.57 Å². The molecule has 0 atom stereocenters. The first-order chi connectivity index (χ1) is 15.1. The Balaban J connectivity index is 1.72. The van der Waals surface area contributed by atoms with Crippen LogP contribution in [0.3, 0.4) is 0 Å². The summed E-state index contributed by atoms with van der Waals surface area (Å²) in [7, 11) is 2.07. The summed E-state index contributed by atoms with van der Waals surface area (Å²) in [6.07, 6.45) is 4.77. The monoisotopic (exact) mass is 445 g/mol. The maximum absolute atomic E-state index is 13.3. The van der Waals surface area contributed by atoms with E-state index in [1.165, 1.54) is 10.5 Å². The van der Waals surface area contributed by atoms with Crippen LogP contribution in [0.15, 0.2) is 54.1 Å². The Hall–Kier alpha value is -3.25. The zero-order valence-electron chi connectivity index (χ0n) is 19.0. The van der Waals surface area contributed by atoms with E-state index in [4.69, 9.17) is 12.2 Å². The second kappa shape index (κ2) is 8.02. The van der Waals surface area contributed by atoms with Gasteiger partial charge in [-0.1, -0.05) is 31.2 Å². The number of nitrogens with zero attached hydrogens (tertiary/aromatic N) is 2. The van der Waals surface area contributed by atoms with Gasteiger partial charge in [-0.3, -0.25) is 19.8 Å². The second-order valence-corrected chi connectivity index (χ2v) is 9.18. The van der Waals surface area contributed by atoms with Gasteiger partial charge < -0.3 is 4.90 Å². The molecule has 32 heavy (non-hydrogen) atoms. The maximum atomic E-state index is 13.3. The molecule has 0 saturated carbocycles. The number of nitrogens with one attached hydrogen (secondary N) is 1. The third kappa shape index (κ3) is 3.75. The van der Waals surface area contributed by atoms with E-state index in [0.717, 1.165) is 28.8 Å². The lowest BCUT2D eigenvalue weighted by Crippen LogP contribution is -2.54. The number of aryl methyl sites for hydroxylation is 1. The van der Waals surface area contributed by atoms with Crippen LogP contribution in [0, 0.1) is 0 Å². The zero-order chi connectivity index (χ0) is 23.2. The Morgan fingerprint density at radius 1 is 1.09 bits per heavy atom. The molecule has 1 saturated heterocycles. The number of likely N-dealkylation sites (N-methyl/N-ethyl adjacent to an activating group) is 1. The van der Waals surface area contributed by atoms with Gasteiger partial charge in [0.05, 0.1) is 11.2 Å². The largest absolute Gasteiger partial charge is 0.366 e. The number of hydrogen-bond acceptors (Lipinski definition) is 4. The van der Waals surface area contributed by atoms with E-state index in [9.17, 15) is 9.59 Å². The van der Waals surface area contributed by atoms with Crippen molar-refractivity contribution in [1.82, 2.24) is 5.32 Å². The first kappa shape index (κ1) is 22.0. The van der Waals surface area contributed by atoms with Crippen molar-refractivity contribution in [1.29, 1.82) is 0 Å². The SMILES string of the molecule is CCc1ccc(N2C(=O)/C(=C\c3ccc4c(c3)C(C)=CC(C)(C)N4C)C(=O)NC2=S)cc1. The van der Waals surface area contributed by atoms with Crippen molar-refractivity contribution < 1.29 is 9.59 Å². The lowest BCUT2D eigenvalue weighted by atomic mass is 9.88. The highest BCUT2D eigenvalue weighted by Crippen LogP contribution is 2.38. The summed E-state index contributed by atoms with van der Waals surface area (Å²) in [5.41, 5.74) is 5.94. The molecule has 0 unspecified atom stereocenters. The minimum atomic E-state index is -0.482. The Morgan fingerprint density at radius 2 is 1.78 bits per heavy atom. The van der Waals surface area contributed by atoms with Crippen molar-refractivity contribution in [2.45, 2.75) is 39.7 Å². The molecule has 0 bridgehead atoms. The van der Waals surface area contributed by atoms with Gasteiger partial charge in [-0.2, -0.15) is 0 Å². The molecule has 164 valence electrons. The summed E-state index contributed by atoms with van der Waals surface area (Å²) < 4.78 is 0. The van der Waals surface area contributed by atoms with Gasteiger partial charge >= 0.3 is 0 Å². The van der Waals surface area contributed by atoms with Crippen molar-refractivity contribution in [3.05, 3.63) is 70.8 Å². The van der Waals surface area contributed by atoms with Crippen molar-refractivity contribution >= 4 is 52.2 Å². The van der Waals surface area contributed by atoms with Gasteiger partial charge in [0.2, 0.25) is 0 Å². The topological polar surface area (TPSA) is 52.7 Å². The molecule has 1 N–H and O–H groups in total. The van der Waals surface area contributed by atoms with Gasteiger partial charge in [-0.15, -0.1) is 0 Å². The minimum absolute atomic E-state index is 0.0595. The first-order valence-electron chi connectivity index (χ1n) is 10.7. The Morgan fingerprint density at radius 3 is 2.44 bits per heavy atom. The van der Waals surface area contributed by atoms with Crippen LogP contribution in [-0.4, -0.2) is 29.5 Å². The number of hydrogen-bond donors (Lipinski definition) is 1. The molecular formula is C26H27N3O2S. The predicted molar refractivity (Wildman–Crippen MR) is 135 cm³/mol. The van der Waals surface area contributed by atoms with E-state index in [-0.39, 0.29) is 16.2 Å². The van der Waals surface area contributed by atoms with Gasteiger partial charge in [0.25, 0.3) is 11.8 Å². The minimum Gasteiger partial charge on any atom is -0.366 e. The fourth-order valence-corrected chi connectivity index (χ4v) is 4.49. The lowest BCUT2D eigenvalue weighted by molar-refractivity contribution is -0.122. The molecule has 2 aromatic carbocycles. The zero-order valence-corrected chi connectivity index (χ0v) is 19.8.